The van der Waals surface area contributed by atoms with Crippen molar-refractivity contribution in [3.8, 4) is 11.5 Å². The van der Waals surface area contributed by atoms with Crippen LogP contribution in [0, 0.1) is 0 Å². The lowest BCUT2D eigenvalue weighted by molar-refractivity contribution is 0.250. The van der Waals surface area contributed by atoms with Crippen LogP contribution in [0.4, 0.5) is 10.5 Å². The number of aromatic nitrogens is 2. The van der Waals surface area contributed by atoms with E-state index in [1.54, 1.807) is 13.3 Å². The average molecular weight is 583 g/mol. The molecule has 228 valence electrons. The van der Waals surface area contributed by atoms with Crippen LogP contribution in [0.3, 0.4) is 0 Å². The van der Waals surface area contributed by atoms with Gasteiger partial charge in [0.1, 0.15) is 6.61 Å². The zero-order valence-electron chi connectivity index (χ0n) is 26.2. The second kappa shape index (κ2) is 15.3. The monoisotopic (exact) mass is 582 g/mol. The van der Waals surface area contributed by atoms with E-state index in [4.69, 9.17) is 9.47 Å². The molecule has 7 heteroatoms. The fourth-order valence-electron chi connectivity index (χ4n) is 5.32. The highest BCUT2D eigenvalue weighted by molar-refractivity contribution is 5.90. The maximum absolute atomic E-state index is 13.4. The van der Waals surface area contributed by atoms with Gasteiger partial charge in [-0.25, -0.2) is 4.79 Å². The molecule has 0 aliphatic carbocycles. The first-order chi connectivity index (χ1) is 20.8. The van der Waals surface area contributed by atoms with E-state index in [9.17, 15) is 4.79 Å². The number of unbranched alkanes of at least 4 members (excludes halogenated alkanes) is 2. The van der Waals surface area contributed by atoms with Gasteiger partial charge in [0.15, 0.2) is 11.5 Å². The third-order valence-electron chi connectivity index (χ3n) is 7.60. The molecule has 7 nitrogen and oxygen atoms in total. The molecule has 0 saturated carbocycles. The van der Waals surface area contributed by atoms with Crippen LogP contribution in [0.15, 0.2) is 85.2 Å². The van der Waals surface area contributed by atoms with Crippen LogP contribution in [-0.2, 0) is 18.6 Å². The number of hydrogen-bond acceptors (Lipinski definition) is 4. The van der Waals surface area contributed by atoms with E-state index in [1.807, 2.05) is 47.3 Å². The van der Waals surface area contributed by atoms with Gasteiger partial charge in [-0.2, -0.15) is 5.10 Å². The van der Waals surface area contributed by atoms with E-state index in [0.717, 1.165) is 59.4 Å². The SMILES string of the molecule is CCCCCC(CNC(=O)Nc1cc(Cn2cccn2)ccc1C(C)(C)C)c1cccc(OC)c1OCc1ccccc1. The Bertz CT molecular complexity index is 1430. The number of anilines is 1. The Hall–Kier alpha value is -4.26. The van der Waals surface area contributed by atoms with Crippen LogP contribution in [0.5, 0.6) is 11.5 Å². The molecule has 0 spiro atoms. The summed E-state index contributed by atoms with van der Waals surface area (Å²) >= 11 is 0. The number of carbonyl (C=O) groups is 1. The van der Waals surface area contributed by atoms with Gasteiger partial charge in [-0.1, -0.05) is 102 Å². The smallest absolute Gasteiger partial charge is 0.319 e. The standard InChI is InChI=1S/C36H46N4O3/c1-6-7-9-16-29(30-17-12-18-33(42-5)34(30)43-26-27-14-10-8-11-15-27)24-37-35(41)39-32-23-28(25-40-22-13-21-38-40)19-20-31(32)36(2,3)4/h8,10-15,17-23,29H,6-7,9,16,24-26H2,1-5H3,(H2,37,39,41). The van der Waals surface area contributed by atoms with Crippen LogP contribution in [0.2, 0.25) is 0 Å². The van der Waals surface area contributed by atoms with Crippen molar-refractivity contribution >= 4 is 11.7 Å². The summed E-state index contributed by atoms with van der Waals surface area (Å²) in [7, 11) is 1.67. The number of para-hydroxylation sites is 1. The summed E-state index contributed by atoms with van der Waals surface area (Å²) in [5.74, 6) is 1.49. The van der Waals surface area contributed by atoms with Crippen molar-refractivity contribution in [2.45, 2.75) is 77.9 Å². The van der Waals surface area contributed by atoms with Gasteiger partial charge >= 0.3 is 6.03 Å². The van der Waals surface area contributed by atoms with E-state index in [0.29, 0.717) is 25.4 Å². The van der Waals surface area contributed by atoms with Crippen LogP contribution >= 0.6 is 0 Å². The molecule has 0 saturated heterocycles. The molecule has 0 bridgehead atoms. The number of benzene rings is 3. The van der Waals surface area contributed by atoms with Gasteiger partial charge in [0.2, 0.25) is 0 Å². The van der Waals surface area contributed by atoms with E-state index < -0.39 is 0 Å². The normalized spacial score (nSPS) is 12.0. The first-order valence-corrected chi connectivity index (χ1v) is 15.3. The molecular weight excluding hydrogens is 536 g/mol. The van der Waals surface area contributed by atoms with Gasteiger partial charge in [-0.3, -0.25) is 4.68 Å². The molecule has 2 amide bonds. The van der Waals surface area contributed by atoms with Gasteiger partial charge in [0, 0.05) is 36.1 Å². The minimum absolute atomic E-state index is 0.0615. The summed E-state index contributed by atoms with van der Waals surface area (Å²) in [6, 6.07) is 24.1. The highest BCUT2D eigenvalue weighted by Crippen LogP contribution is 2.38. The molecular formula is C36H46N4O3. The average Bonchev–Trinajstić information content (AvgIpc) is 3.51. The van der Waals surface area contributed by atoms with Gasteiger partial charge in [-0.05, 0) is 46.7 Å². The number of urea groups is 1. The predicted octanol–water partition coefficient (Wildman–Crippen LogP) is 8.30. The number of amides is 2. The molecule has 4 aromatic rings. The lowest BCUT2D eigenvalue weighted by Gasteiger charge is -2.25. The van der Waals surface area contributed by atoms with Gasteiger partial charge in [0.25, 0.3) is 0 Å². The summed E-state index contributed by atoms with van der Waals surface area (Å²) in [5, 5.41) is 10.7. The minimum atomic E-state index is -0.225. The molecule has 4 rings (SSSR count). The third-order valence-corrected chi connectivity index (χ3v) is 7.60. The van der Waals surface area contributed by atoms with Crippen LogP contribution in [0.25, 0.3) is 0 Å². The van der Waals surface area contributed by atoms with E-state index in [2.05, 4.69) is 79.8 Å². The van der Waals surface area contributed by atoms with Crippen molar-refractivity contribution in [1.82, 2.24) is 15.1 Å². The zero-order valence-corrected chi connectivity index (χ0v) is 26.2. The van der Waals surface area contributed by atoms with Crippen molar-refractivity contribution in [2.75, 3.05) is 19.0 Å². The predicted molar refractivity (Wildman–Crippen MR) is 174 cm³/mol. The molecule has 1 unspecified atom stereocenters. The number of ether oxygens (including phenoxy) is 2. The van der Waals surface area contributed by atoms with Crippen molar-refractivity contribution in [3.63, 3.8) is 0 Å². The molecule has 1 atom stereocenters. The largest absolute Gasteiger partial charge is 0.493 e. The van der Waals surface area contributed by atoms with Crippen molar-refractivity contribution in [2.24, 2.45) is 0 Å². The summed E-state index contributed by atoms with van der Waals surface area (Å²) in [6.45, 7) is 10.2. The summed E-state index contributed by atoms with van der Waals surface area (Å²) < 4.78 is 14.0. The molecule has 1 heterocycles. The Balaban J connectivity index is 1.53. The lowest BCUT2D eigenvalue weighted by Crippen LogP contribution is -2.33. The number of nitrogens with zero attached hydrogens (tertiary/aromatic N) is 2. The highest BCUT2D eigenvalue weighted by atomic mass is 16.5. The van der Waals surface area contributed by atoms with Crippen LogP contribution < -0.4 is 20.1 Å². The zero-order chi connectivity index (χ0) is 30.7. The van der Waals surface area contributed by atoms with Gasteiger partial charge in [0.05, 0.1) is 13.7 Å². The molecule has 0 aliphatic heterocycles. The lowest BCUT2D eigenvalue weighted by atomic mass is 9.85. The van der Waals surface area contributed by atoms with E-state index in [-0.39, 0.29) is 17.4 Å². The Morgan fingerprint density at radius 1 is 0.977 bits per heavy atom. The highest BCUT2D eigenvalue weighted by Gasteiger charge is 2.23. The van der Waals surface area contributed by atoms with E-state index in [1.165, 1.54) is 0 Å². The molecule has 3 aromatic carbocycles. The Morgan fingerprint density at radius 3 is 2.49 bits per heavy atom. The Kier molecular flexibility index (Phi) is 11.3. The minimum Gasteiger partial charge on any atom is -0.493 e. The van der Waals surface area contributed by atoms with E-state index >= 15 is 0 Å². The summed E-state index contributed by atoms with van der Waals surface area (Å²) in [5.41, 5.74) is 4.95. The maximum atomic E-state index is 13.4. The number of nitrogens with one attached hydrogen (secondary N) is 2. The first-order valence-electron chi connectivity index (χ1n) is 15.3. The van der Waals surface area contributed by atoms with Gasteiger partial charge in [-0.15, -0.1) is 0 Å². The van der Waals surface area contributed by atoms with Crippen LogP contribution in [0.1, 0.15) is 81.5 Å². The fourth-order valence-corrected chi connectivity index (χ4v) is 5.32. The second-order valence-electron chi connectivity index (χ2n) is 12.0. The summed E-state index contributed by atoms with van der Waals surface area (Å²) in [4.78, 5) is 13.4. The number of carbonyl (C=O) groups excluding carboxylic acids is 1. The molecule has 0 fully saturated rings. The molecule has 2 N–H and O–H groups in total. The maximum Gasteiger partial charge on any atom is 0.319 e. The number of hydrogen-bond donors (Lipinski definition) is 2. The second-order valence-corrected chi connectivity index (χ2v) is 12.0. The molecule has 0 radical (unpaired) electrons. The first kappa shape index (κ1) is 31.7. The van der Waals surface area contributed by atoms with Crippen molar-refractivity contribution in [3.05, 3.63) is 107 Å². The number of methoxy groups -OCH3 is 1. The number of rotatable bonds is 14. The quantitative estimate of drug-likeness (QED) is 0.147. The summed E-state index contributed by atoms with van der Waals surface area (Å²) in [6.07, 6.45) is 7.95. The Labute approximate surface area is 256 Å². The molecule has 43 heavy (non-hydrogen) atoms. The topological polar surface area (TPSA) is 77.4 Å². The molecule has 1 aromatic heterocycles. The van der Waals surface area contributed by atoms with Crippen LogP contribution in [-0.4, -0.2) is 29.5 Å². The Morgan fingerprint density at radius 2 is 1.79 bits per heavy atom. The van der Waals surface area contributed by atoms with Crippen molar-refractivity contribution < 1.29 is 14.3 Å². The van der Waals surface area contributed by atoms with Gasteiger partial charge < -0.3 is 20.1 Å². The molecule has 0 aliphatic rings. The third kappa shape index (κ3) is 9.11. The van der Waals surface area contributed by atoms with Crippen molar-refractivity contribution in [1.29, 1.82) is 0 Å². The fraction of sp³-hybridized carbons (Fsp3) is 0.389.